The number of aromatic nitrogens is 2. The number of anilines is 1. The summed E-state index contributed by atoms with van der Waals surface area (Å²) in [4.78, 5) is 15.1. The third-order valence-electron chi connectivity index (χ3n) is 2.53. The van der Waals surface area contributed by atoms with Crippen LogP contribution in [0.4, 0.5) is 5.82 Å². The van der Waals surface area contributed by atoms with Crippen LogP contribution in [0.5, 0.6) is 0 Å². The molecule has 1 fully saturated rings. The van der Waals surface area contributed by atoms with Crippen molar-refractivity contribution in [1.82, 2.24) is 9.55 Å². The molecule has 3 N–H and O–H groups in total. The van der Waals surface area contributed by atoms with Crippen molar-refractivity contribution in [3.63, 3.8) is 0 Å². The van der Waals surface area contributed by atoms with E-state index in [1.165, 1.54) is 10.8 Å². The number of aliphatic hydroxyl groups excluding tert-OH is 1. The van der Waals surface area contributed by atoms with Crippen LogP contribution < -0.4 is 11.4 Å². The minimum Gasteiger partial charge on any atom is -0.394 e. The van der Waals surface area contributed by atoms with Crippen molar-refractivity contribution in [1.29, 1.82) is 0 Å². The zero-order valence-electron chi connectivity index (χ0n) is 8.47. The van der Waals surface area contributed by atoms with E-state index in [4.69, 9.17) is 27.2 Å². The van der Waals surface area contributed by atoms with Gasteiger partial charge in [-0.3, -0.25) is 4.57 Å². The molecule has 0 amide bonds. The molecule has 2 heterocycles. The monoisotopic (exact) mass is 245 g/mol. The van der Waals surface area contributed by atoms with Crippen molar-refractivity contribution in [2.75, 3.05) is 12.3 Å². The second-order valence-electron chi connectivity index (χ2n) is 3.64. The van der Waals surface area contributed by atoms with E-state index in [1.807, 2.05) is 0 Å². The lowest BCUT2D eigenvalue weighted by Crippen LogP contribution is -2.28. The highest BCUT2D eigenvalue weighted by Gasteiger charge is 2.27. The second kappa shape index (κ2) is 4.40. The van der Waals surface area contributed by atoms with E-state index in [9.17, 15) is 4.79 Å². The maximum Gasteiger partial charge on any atom is 0.351 e. The van der Waals surface area contributed by atoms with Crippen LogP contribution in [-0.4, -0.2) is 27.4 Å². The van der Waals surface area contributed by atoms with E-state index in [0.717, 1.165) is 0 Å². The second-order valence-corrected chi connectivity index (χ2v) is 4.04. The number of hydrogen-bond donors (Lipinski definition) is 2. The molecule has 0 aromatic carbocycles. The summed E-state index contributed by atoms with van der Waals surface area (Å²) in [7, 11) is 0. The number of rotatable bonds is 2. The van der Waals surface area contributed by atoms with Crippen molar-refractivity contribution < 1.29 is 9.84 Å². The molecule has 1 aliphatic rings. The Labute approximate surface area is 96.6 Å². The Morgan fingerprint density at radius 1 is 1.69 bits per heavy atom. The van der Waals surface area contributed by atoms with Crippen LogP contribution in [0.1, 0.15) is 19.1 Å². The first-order valence-electron chi connectivity index (χ1n) is 4.92. The predicted molar refractivity (Wildman–Crippen MR) is 58.1 cm³/mol. The van der Waals surface area contributed by atoms with Crippen molar-refractivity contribution in [3.8, 4) is 0 Å². The Morgan fingerprint density at radius 2 is 2.44 bits per heavy atom. The number of aliphatic hydroxyl groups is 1. The smallest absolute Gasteiger partial charge is 0.351 e. The molecule has 0 radical (unpaired) electrons. The lowest BCUT2D eigenvalue weighted by atomic mass is 10.2. The SMILES string of the molecule is Nc1nc(=O)n(C2CC[C@@H](CO)O2)cc1Cl. The molecule has 1 aromatic heterocycles. The highest BCUT2D eigenvalue weighted by atomic mass is 35.5. The predicted octanol–water partition coefficient (Wildman–Crippen LogP) is 0.149. The van der Waals surface area contributed by atoms with Gasteiger partial charge in [-0.1, -0.05) is 11.6 Å². The van der Waals surface area contributed by atoms with E-state index < -0.39 is 11.9 Å². The fourth-order valence-electron chi connectivity index (χ4n) is 1.69. The van der Waals surface area contributed by atoms with Crippen LogP contribution in [0.2, 0.25) is 5.02 Å². The summed E-state index contributed by atoms with van der Waals surface area (Å²) in [5, 5.41) is 9.14. The number of nitrogens with two attached hydrogens (primary N) is 1. The average molecular weight is 246 g/mol. The summed E-state index contributed by atoms with van der Waals surface area (Å²) >= 11 is 5.78. The number of halogens is 1. The van der Waals surface area contributed by atoms with E-state index in [-0.39, 0.29) is 23.6 Å². The molecule has 1 aliphatic heterocycles. The molecule has 1 saturated heterocycles. The molecule has 0 saturated carbocycles. The molecule has 2 rings (SSSR count). The third kappa shape index (κ3) is 2.04. The van der Waals surface area contributed by atoms with Gasteiger partial charge in [-0.2, -0.15) is 4.98 Å². The molecule has 0 spiro atoms. The van der Waals surface area contributed by atoms with Gasteiger partial charge in [0.05, 0.1) is 17.7 Å². The first kappa shape index (κ1) is 11.4. The van der Waals surface area contributed by atoms with Crippen LogP contribution in [0.3, 0.4) is 0 Å². The molecule has 88 valence electrons. The van der Waals surface area contributed by atoms with E-state index in [0.29, 0.717) is 12.8 Å². The van der Waals surface area contributed by atoms with Crippen LogP contribution in [0, 0.1) is 0 Å². The van der Waals surface area contributed by atoms with Crippen molar-refractivity contribution in [2.24, 2.45) is 0 Å². The summed E-state index contributed by atoms with van der Waals surface area (Å²) in [5.74, 6) is 0.0135. The van der Waals surface area contributed by atoms with Crippen molar-refractivity contribution in [2.45, 2.75) is 25.2 Å². The Balaban J connectivity index is 2.28. The standard InChI is InChI=1S/C9H12ClN3O3/c10-6-3-13(9(15)12-8(6)11)7-2-1-5(4-14)16-7/h3,5,7,14H,1-2,4H2,(H2,11,12,15)/t5-,7?/m0/s1. The van der Waals surface area contributed by atoms with Gasteiger partial charge in [-0.05, 0) is 12.8 Å². The van der Waals surface area contributed by atoms with Gasteiger partial charge in [0, 0.05) is 6.20 Å². The molecule has 7 heteroatoms. The minimum atomic E-state index is -0.495. The summed E-state index contributed by atoms with van der Waals surface area (Å²) in [6, 6.07) is 0. The van der Waals surface area contributed by atoms with Crippen molar-refractivity contribution >= 4 is 17.4 Å². The summed E-state index contributed by atoms with van der Waals surface area (Å²) in [6.45, 7) is -0.0542. The van der Waals surface area contributed by atoms with Gasteiger partial charge >= 0.3 is 5.69 Å². The average Bonchev–Trinajstić information content (AvgIpc) is 2.71. The maximum atomic E-state index is 11.5. The van der Waals surface area contributed by atoms with Crippen molar-refractivity contribution in [3.05, 3.63) is 21.7 Å². The van der Waals surface area contributed by atoms with Crippen LogP contribution >= 0.6 is 11.6 Å². The quantitative estimate of drug-likeness (QED) is 0.774. The summed E-state index contributed by atoms with van der Waals surface area (Å²) in [6.07, 6.45) is 2.11. The Morgan fingerprint density at radius 3 is 3.06 bits per heavy atom. The minimum absolute atomic E-state index is 0.0135. The first-order chi connectivity index (χ1) is 7.61. The van der Waals surface area contributed by atoms with E-state index in [2.05, 4.69) is 4.98 Å². The molecular weight excluding hydrogens is 234 g/mol. The Kier molecular flexibility index (Phi) is 3.13. The normalized spacial score (nSPS) is 24.9. The molecule has 16 heavy (non-hydrogen) atoms. The van der Waals surface area contributed by atoms with Crippen LogP contribution in [-0.2, 0) is 4.74 Å². The Bertz CT molecular complexity index is 448. The summed E-state index contributed by atoms with van der Waals surface area (Å²) < 4.78 is 6.75. The van der Waals surface area contributed by atoms with Crippen LogP contribution in [0.25, 0.3) is 0 Å². The largest absolute Gasteiger partial charge is 0.394 e. The molecule has 1 unspecified atom stereocenters. The molecule has 0 aliphatic carbocycles. The molecular formula is C9H12ClN3O3. The zero-order valence-corrected chi connectivity index (χ0v) is 9.22. The fourth-order valence-corrected chi connectivity index (χ4v) is 1.84. The number of nitrogens with zero attached hydrogens (tertiary/aromatic N) is 2. The number of hydrogen-bond acceptors (Lipinski definition) is 5. The van der Waals surface area contributed by atoms with Crippen LogP contribution in [0.15, 0.2) is 11.0 Å². The van der Waals surface area contributed by atoms with E-state index in [1.54, 1.807) is 0 Å². The highest BCUT2D eigenvalue weighted by Crippen LogP contribution is 2.27. The topological polar surface area (TPSA) is 90.4 Å². The molecule has 0 bridgehead atoms. The van der Waals surface area contributed by atoms with Gasteiger partial charge in [0.2, 0.25) is 0 Å². The van der Waals surface area contributed by atoms with Gasteiger partial charge < -0.3 is 15.6 Å². The van der Waals surface area contributed by atoms with Gasteiger partial charge in [0.25, 0.3) is 0 Å². The maximum absolute atomic E-state index is 11.5. The van der Waals surface area contributed by atoms with Gasteiger partial charge in [-0.15, -0.1) is 0 Å². The third-order valence-corrected chi connectivity index (χ3v) is 2.82. The molecule has 1 aromatic rings. The highest BCUT2D eigenvalue weighted by molar-refractivity contribution is 6.32. The number of ether oxygens (including phenoxy) is 1. The van der Waals surface area contributed by atoms with E-state index >= 15 is 0 Å². The van der Waals surface area contributed by atoms with Gasteiger partial charge in [0.1, 0.15) is 12.0 Å². The fraction of sp³-hybridized carbons (Fsp3) is 0.556. The number of nitrogen functional groups attached to an aromatic ring is 1. The Hall–Kier alpha value is -1.11. The van der Waals surface area contributed by atoms with Gasteiger partial charge in [0.15, 0.2) is 0 Å². The first-order valence-corrected chi connectivity index (χ1v) is 5.30. The lowest BCUT2D eigenvalue weighted by Gasteiger charge is -2.14. The van der Waals surface area contributed by atoms with Gasteiger partial charge in [-0.25, -0.2) is 4.79 Å². The molecule has 2 atom stereocenters. The zero-order chi connectivity index (χ0) is 11.7. The lowest BCUT2D eigenvalue weighted by molar-refractivity contribution is -0.0245. The summed E-state index contributed by atoms with van der Waals surface area (Å²) in [5.41, 5.74) is 4.91. The molecule has 6 nitrogen and oxygen atoms in total.